The fraction of sp³-hybridized carbons (Fsp3) is 0.462. The van der Waals surface area contributed by atoms with Gasteiger partial charge in [0, 0.05) is 17.5 Å². The van der Waals surface area contributed by atoms with Crippen LogP contribution in [0.5, 0.6) is 5.75 Å². The molecule has 1 aromatic carbocycles. The van der Waals surface area contributed by atoms with E-state index in [1.807, 2.05) is 6.26 Å². The monoisotopic (exact) mass is 268 g/mol. The molecule has 0 bridgehead atoms. The van der Waals surface area contributed by atoms with Gasteiger partial charge >= 0.3 is 0 Å². The first-order chi connectivity index (χ1) is 8.65. The normalized spacial score (nSPS) is 11.9. The van der Waals surface area contributed by atoms with Crippen LogP contribution in [0.2, 0.25) is 0 Å². The minimum Gasteiger partial charge on any atom is -0.484 e. The van der Waals surface area contributed by atoms with Gasteiger partial charge in [-0.2, -0.15) is 11.8 Å². The molecule has 1 atom stereocenters. The number of anilines is 1. The van der Waals surface area contributed by atoms with Crippen LogP contribution in [-0.4, -0.2) is 30.6 Å². The fourth-order valence-electron chi connectivity index (χ4n) is 1.45. The van der Waals surface area contributed by atoms with Gasteiger partial charge in [0.15, 0.2) is 6.61 Å². The van der Waals surface area contributed by atoms with E-state index < -0.39 is 0 Å². The van der Waals surface area contributed by atoms with Crippen molar-refractivity contribution in [2.45, 2.75) is 19.4 Å². The summed E-state index contributed by atoms with van der Waals surface area (Å²) in [6.07, 6.45) is 2.95. The molecular formula is C13H20N2O2S. The molecule has 18 heavy (non-hydrogen) atoms. The van der Waals surface area contributed by atoms with Crippen molar-refractivity contribution < 1.29 is 9.53 Å². The van der Waals surface area contributed by atoms with Crippen molar-refractivity contribution in [2.24, 2.45) is 0 Å². The molecule has 4 nitrogen and oxygen atoms in total. The van der Waals surface area contributed by atoms with Crippen molar-refractivity contribution in [3.8, 4) is 5.75 Å². The molecule has 0 aliphatic rings. The number of nitrogen functional groups attached to an aromatic ring is 1. The lowest BCUT2D eigenvalue weighted by Gasteiger charge is -2.15. The third-order valence-electron chi connectivity index (χ3n) is 2.48. The van der Waals surface area contributed by atoms with E-state index in [0.717, 1.165) is 12.2 Å². The Hall–Kier alpha value is -1.36. The van der Waals surface area contributed by atoms with Crippen LogP contribution in [0.15, 0.2) is 24.3 Å². The van der Waals surface area contributed by atoms with E-state index in [0.29, 0.717) is 11.4 Å². The van der Waals surface area contributed by atoms with Crippen LogP contribution in [-0.2, 0) is 4.79 Å². The molecule has 100 valence electrons. The number of carbonyl (C=O) groups excluding carboxylic acids is 1. The molecular weight excluding hydrogens is 248 g/mol. The van der Waals surface area contributed by atoms with Gasteiger partial charge in [0.2, 0.25) is 0 Å². The molecule has 3 N–H and O–H groups in total. The maximum atomic E-state index is 11.7. The summed E-state index contributed by atoms with van der Waals surface area (Å²) in [7, 11) is 0. The highest BCUT2D eigenvalue weighted by atomic mass is 32.2. The second kappa shape index (κ2) is 7.87. The molecule has 0 heterocycles. The van der Waals surface area contributed by atoms with Crippen LogP contribution in [0.4, 0.5) is 5.69 Å². The SMILES string of the molecule is CCC(CSC)NC(=O)COc1ccc(N)cc1. The third kappa shape index (κ3) is 5.31. The Balaban J connectivity index is 2.34. The number of rotatable bonds is 7. The van der Waals surface area contributed by atoms with E-state index in [2.05, 4.69) is 12.2 Å². The van der Waals surface area contributed by atoms with E-state index in [1.54, 1.807) is 36.0 Å². The quantitative estimate of drug-likeness (QED) is 0.741. The number of hydrogen-bond donors (Lipinski definition) is 2. The smallest absolute Gasteiger partial charge is 0.258 e. The fourth-order valence-corrected chi connectivity index (χ4v) is 2.17. The number of benzene rings is 1. The van der Waals surface area contributed by atoms with Crippen molar-refractivity contribution in [1.82, 2.24) is 5.32 Å². The summed E-state index contributed by atoms with van der Waals surface area (Å²) >= 11 is 1.72. The van der Waals surface area contributed by atoms with Crippen molar-refractivity contribution in [3.05, 3.63) is 24.3 Å². The first-order valence-electron chi connectivity index (χ1n) is 5.92. The van der Waals surface area contributed by atoms with Crippen LogP contribution in [0, 0.1) is 0 Å². The highest BCUT2D eigenvalue weighted by molar-refractivity contribution is 7.98. The summed E-state index contributed by atoms with van der Waals surface area (Å²) < 4.78 is 5.37. The van der Waals surface area contributed by atoms with Crippen molar-refractivity contribution >= 4 is 23.4 Å². The van der Waals surface area contributed by atoms with E-state index in [-0.39, 0.29) is 18.6 Å². The number of amides is 1. The number of carbonyl (C=O) groups is 1. The minimum absolute atomic E-state index is 0.0365. The summed E-state index contributed by atoms with van der Waals surface area (Å²) in [5.41, 5.74) is 6.24. The number of ether oxygens (including phenoxy) is 1. The summed E-state index contributed by atoms with van der Waals surface area (Å²) in [6, 6.07) is 7.21. The van der Waals surface area contributed by atoms with Gasteiger partial charge in [-0.3, -0.25) is 4.79 Å². The molecule has 0 aliphatic heterocycles. The van der Waals surface area contributed by atoms with Gasteiger partial charge in [-0.05, 0) is 36.9 Å². The Morgan fingerprint density at radius 1 is 1.44 bits per heavy atom. The second-order valence-electron chi connectivity index (χ2n) is 3.99. The van der Waals surface area contributed by atoms with Gasteiger partial charge in [-0.25, -0.2) is 0 Å². The third-order valence-corrected chi connectivity index (χ3v) is 3.21. The second-order valence-corrected chi connectivity index (χ2v) is 4.90. The van der Waals surface area contributed by atoms with E-state index in [4.69, 9.17) is 10.5 Å². The average Bonchev–Trinajstić information content (AvgIpc) is 2.37. The Kier molecular flexibility index (Phi) is 6.43. The summed E-state index contributed by atoms with van der Waals surface area (Å²) in [6.45, 7) is 2.09. The van der Waals surface area contributed by atoms with Crippen LogP contribution >= 0.6 is 11.8 Å². The lowest BCUT2D eigenvalue weighted by molar-refractivity contribution is -0.123. The Morgan fingerprint density at radius 3 is 2.67 bits per heavy atom. The predicted molar refractivity (Wildman–Crippen MR) is 77.0 cm³/mol. The van der Waals surface area contributed by atoms with Crippen LogP contribution in [0.3, 0.4) is 0 Å². The zero-order chi connectivity index (χ0) is 13.4. The highest BCUT2D eigenvalue weighted by Gasteiger charge is 2.10. The lowest BCUT2D eigenvalue weighted by atomic mass is 10.2. The predicted octanol–water partition coefficient (Wildman–Crippen LogP) is 1.91. The number of thioether (sulfide) groups is 1. The maximum absolute atomic E-state index is 11.7. The van der Waals surface area contributed by atoms with Crippen molar-refractivity contribution in [2.75, 3.05) is 24.3 Å². The highest BCUT2D eigenvalue weighted by Crippen LogP contribution is 2.12. The number of nitrogens with two attached hydrogens (primary N) is 1. The summed E-state index contributed by atoms with van der Waals surface area (Å²) in [4.78, 5) is 11.7. The molecule has 5 heteroatoms. The molecule has 1 amide bonds. The van der Waals surface area contributed by atoms with Crippen molar-refractivity contribution in [1.29, 1.82) is 0 Å². The van der Waals surface area contributed by atoms with Gasteiger partial charge in [-0.15, -0.1) is 0 Å². The molecule has 0 aliphatic carbocycles. The zero-order valence-corrected chi connectivity index (χ0v) is 11.6. The van der Waals surface area contributed by atoms with Crippen molar-refractivity contribution in [3.63, 3.8) is 0 Å². The zero-order valence-electron chi connectivity index (χ0n) is 10.8. The Morgan fingerprint density at radius 2 is 2.11 bits per heavy atom. The van der Waals surface area contributed by atoms with E-state index in [1.165, 1.54) is 0 Å². The largest absolute Gasteiger partial charge is 0.484 e. The molecule has 0 fully saturated rings. The lowest BCUT2D eigenvalue weighted by Crippen LogP contribution is -2.39. The van der Waals surface area contributed by atoms with Gasteiger partial charge in [-0.1, -0.05) is 6.92 Å². The van der Waals surface area contributed by atoms with Crippen LogP contribution in [0.25, 0.3) is 0 Å². The molecule has 0 radical (unpaired) electrons. The van der Waals surface area contributed by atoms with Crippen LogP contribution < -0.4 is 15.8 Å². The summed E-state index contributed by atoms with van der Waals surface area (Å²) in [5, 5.41) is 2.94. The average molecular weight is 268 g/mol. The van der Waals surface area contributed by atoms with Gasteiger partial charge in [0.25, 0.3) is 5.91 Å². The molecule has 1 aromatic rings. The first kappa shape index (κ1) is 14.7. The number of nitrogens with one attached hydrogen (secondary N) is 1. The minimum atomic E-state index is -0.0901. The molecule has 1 unspecified atom stereocenters. The molecule has 0 aromatic heterocycles. The van der Waals surface area contributed by atoms with Gasteiger partial charge in [0.05, 0.1) is 0 Å². The van der Waals surface area contributed by atoms with E-state index in [9.17, 15) is 4.79 Å². The Labute approximate surface area is 112 Å². The Bertz CT molecular complexity index is 368. The van der Waals surface area contributed by atoms with Crippen LogP contribution in [0.1, 0.15) is 13.3 Å². The van der Waals surface area contributed by atoms with Gasteiger partial charge in [0.1, 0.15) is 5.75 Å². The topological polar surface area (TPSA) is 64.3 Å². The maximum Gasteiger partial charge on any atom is 0.258 e. The van der Waals surface area contributed by atoms with Gasteiger partial charge < -0.3 is 15.8 Å². The molecule has 1 rings (SSSR count). The molecule has 0 saturated carbocycles. The van der Waals surface area contributed by atoms with E-state index >= 15 is 0 Å². The first-order valence-corrected chi connectivity index (χ1v) is 7.31. The summed E-state index contributed by atoms with van der Waals surface area (Å²) in [5.74, 6) is 1.48. The standard InChI is InChI=1S/C13H20N2O2S/c1-3-11(9-18-2)15-13(16)8-17-12-6-4-10(14)5-7-12/h4-7,11H,3,8-9,14H2,1-2H3,(H,15,16). The molecule has 0 saturated heterocycles. The number of hydrogen-bond acceptors (Lipinski definition) is 4. The molecule has 0 spiro atoms.